The zero-order valence-corrected chi connectivity index (χ0v) is 9.29. The lowest BCUT2D eigenvalue weighted by Crippen LogP contribution is -2.29. The van der Waals surface area contributed by atoms with Crippen LogP contribution in [0.1, 0.15) is 23.1 Å². The monoisotopic (exact) mass is 206 g/mol. The summed E-state index contributed by atoms with van der Waals surface area (Å²) >= 11 is 0. The standard InChI is InChI=1S/C12H18N2O/c1-8-3-4-10(9(2)5-8)6-11(13)7-12(14)15/h3-5,11H,6-7,13H2,1-2H3,(H2,14,15). The maximum atomic E-state index is 10.7. The molecule has 1 rings (SSSR count). The SMILES string of the molecule is Cc1ccc(CC(N)CC(N)=O)c(C)c1. The van der Waals surface area contributed by atoms with Gasteiger partial charge < -0.3 is 11.5 Å². The molecule has 3 nitrogen and oxygen atoms in total. The maximum absolute atomic E-state index is 10.7. The number of nitrogens with two attached hydrogens (primary N) is 2. The van der Waals surface area contributed by atoms with Gasteiger partial charge in [-0.25, -0.2) is 0 Å². The molecule has 0 saturated carbocycles. The fourth-order valence-corrected chi connectivity index (χ4v) is 1.69. The van der Waals surface area contributed by atoms with Gasteiger partial charge >= 0.3 is 0 Å². The molecule has 0 aliphatic rings. The Bertz CT molecular complexity index is 361. The summed E-state index contributed by atoms with van der Waals surface area (Å²) in [6, 6.07) is 6.06. The van der Waals surface area contributed by atoms with Gasteiger partial charge in [-0.05, 0) is 31.4 Å². The number of hydrogen-bond acceptors (Lipinski definition) is 2. The minimum Gasteiger partial charge on any atom is -0.370 e. The molecule has 82 valence electrons. The van der Waals surface area contributed by atoms with Crippen LogP contribution < -0.4 is 11.5 Å². The molecule has 0 radical (unpaired) electrons. The van der Waals surface area contributed by atoms with Gasteiger partial charge in [-0.1, -0.05) is 23.8 Å². The molecule has 0 fully saturated rings. The van der Waals surface area contributed by atoms with Crippen LogP contribution in [0.4, 0.5) is 0 Å². The number of primary amides is 1. The third-order valence-corrected chi connectivity index (χ3v) is 2.44. The summed E-state index contributed by atoms with van der Waals surface area (Å²) in [5.41, 5.74) is 14.5. The molecule has 4 N–H and O–H groups in total. The van der Waals surface area contributed by atoms with Crippen LogP contribution in [-0.2, 0) is 11.2 Å². The highest BCUT2D eigenvalue weighted by Gasteiger charge is 2.08. The van der Waals surface area contributed by atoms with Crippen molar-refractivity contribution < 1.29 is 4.79 Å². The number of amides is 1. The van der Waals surface area contributed by atoms with E-state index in [2.05, 4.69) is 32.0 Å². The second-order valence-electron chi connectivity index (χ2n) is 4.06. The normalized spacial score (nSPS) is 12.5. The summed E-state index contributed by atoms with van der Waals surface area (Å²) < 4.78 is 0. The summed E-state index contributed by atoms with van der Waals surface area (Å²) in [5, 5.41) is 0. The summed E-state index contributed by atoms with van der Waals surface area (Å²) in [5.74, 6) is -0.340. The highest BCUT2D eigenvalue weighted by atomic mass is 16.1. The number of benzene rings is 1. The van der Waals surface area contributed by atoms with Gasteiger partial charge in [-0.2, -0.15) is 0 Å². The van der Waals surface area contributed by atoms with Crippen molar-refractivity contribution in [2.75, 3.05) is 0 Å². The van der Waals surface area contributed by atoms with Crippen molar-refractivity contribution in [3.63, 3.8) is 0 Å². The lowest BCUT2D eigenvalue weighted by molar-refractivity contribution is -0.118. The van der Waals surface area contributed by atoms with Gasteiger partial charge in [-0.3, -0.25) is 4.79 Å². The van der Waals surface area contributed by atoms with Gasteiger partial charge in [0, 0.05) is 12.5 Å². The Labute approximate surface area is 90.5 Å². The predicted octanol–water partition coefficient (Wildman–Crippen LogP) is 1.05. The van der Waals surface area contributed by atoms with Gasteiger partial charge in [-0.15, -0.1) is 0 Å². The van der Waals surface area contributed by atoms with E-state index < -0.39 is 0 Å². The Kier molecular flexibility index (Phi) is 3.86. The minimum absolute atomic E-state index is 0.177. The summed E-state index contributed by atoms with van der Waals surface area (Å²) in [6.45, 7) is 4.11. The Balaban J connectivity index is 2.68. The Morgan fingerprint density at radius 3 is 2.60 bits per heavy atom. The number of aryl methyl sites for hydroxylation is 2. The Morgan fingerprint density at radius 2 is 2.07 bits per heavy atom. The quantitative estimate of drug-likeness (QED) is 0.773. The predicted molar refractivity (Wildman–Crippen MR) is 61.4 cm³/mol. The molecule has 0 saturated heterocycles. The molecule has 1 atom stereocenters. The first kappa shape index (κ1) is 11.7. The van der Waals surface area contributed by atoms with E-state index in [1.165, 1.54) is 16.7 Å². The van der Waals surface area contributed by atoms with E-state index in [9.17, 15) is 4.79 Å². The molecular formula is C12H18N2O. The van der Waals surface area contributed by atoms with Crippen LogP contribution in [0.3, 0.4) is 0 Å². The van der Waals surface area contributed by atoms with Crippen LogP contribution in [0, 0.1) is 13.8 Å². The second-order valence-corrected chi connectivity index (χ2v) is 4.06. The average Bonchev–Trinajstić information content (AvgIpc) is 2.08. The Hall–Kier alpha value is -1.35. The van der Waals surface area contributed by atoms with Crippen LogP contribution >= 0.6 is 0 Å². The van der Waals surface area contributed by atoms with Gasteiger partial charge in [0.1, 0.15) is 0 Å². The topological polar surface area (TPSA) is 69.1 Å². The first-order valence-corrected chi connectivity index (χ1v) is 5.09. The van der Waals surface area contributed by atoms with E-state index >= 15 is 0 Å². The Morgan fingerprint density at radius 1 is 1.40 bits per heavy atom. The first-order valence-electron chi connectivity index (χ1n) is 5.09. The summed E-state index contributed by atoms with van der Waals surface area (Å²) in [7, 11) is 0. The molecule has 0 spiro atoms. The molecule has 0 aromatic heterocycles. The van der Waals surface area contributed by atoms with Gasteiger partial charge in [0.05, 0.1) is 0 Å². The van der Waals surface area contributed by atoms with Crippen LogP contribution in [-0.4, -0.2) is 11.9 Å². The molecule has 0 bridgehead atoms. The molecule has 1 amide bonds. The van der Waals surface area contributed by atoms with Crippen LogP contribution in [0.25, 0.3) is 0 Å². The molecule has 0 aliphatic heterocycles. The highest BCUT2D eigenvalue weighted by molar-refractivity contribution is 5.74. The van der Waals surface area contributed by atoms with Gasteiger partial charge in [0.25, 0.3) is 0 Å². The van der Waals surface area contributed by atoms with Gasteiger partial charge in [0.15, 0.2) is 0 Å². The third kappa shape index (κ3) is 3.72. The number of carbonyl (C=O) groups is 1. The number of rotatable bonds is 4. The number of hydrogen-bond donors (Lipinski definition) is 2. The van der Waals surface area contributed by atoms with Crippen LogP contribution in [0.2, 0.25) is 0 Å². The zero-order valence-electron chi connectivity index (χ0n) is 9.29. The molecule has 1 unspecified atom stereocenters. The molecule has 1 aromatic rings. The minimum atomic E-state index is -0.340. The van der Waals surface area contributed by atoms with Crippen molar-refractivity contribution in [3.8, 4) is 0 Å². The number of carbonyl (C=O) groups excluding carboxylic acids is 1. The van der Waals surface area contributed by atoms with E-state index in [1.807, 2.05) is 0 Å². The van der Waals surface area contributed by atoms with Gasteiger partial charge in [0.2, 0.25) is 5.91 Å². The molecule has 3 heteroatoms. The summed E-state index contributed by atoms with van der Waals surface area (Å²) in [6.07, 6.45) is 0.947. The van der Waals surface area contributed by atoms with E-state index in [4.69, 9.17) is 11.5 Å². The van der Waals surface area contributed by atoms with Crippen molar-refractivity contribution in [1.82, 2.24) is 0 Å². The van der Waals surface area contributed by atoms with Crippen molar-refractivity contribution in [3.05, 3.63) is 34.9 Å². The highest BCUT2D eigenvalue weighted by Crippen LogP contribution is 2.12. The van der Waals surface area contributed by atoms with E-state index in [0.717, 1.165) is 0 Å². The lowest BCUT2D eigenvalue weighted by Gasteiger charge is -2.12. The molecular weight excluding hydrogens is 188 g/mol. The summed E-state index contributed by atoms with van der Waals surface area (Å²) in [4.78, 5) is 10.7. The van der Waals surface area contributed by atoms with E-state index in [0.29, 0.717) is 6.42 Å². The zero-order chi connectivity index (χ0) is 11.4. The smallest absolute Gasteiger partial charge is 0.218 e. The second kappa shape index (κ2) is 4.94. The van der Waals surface area contributed by atoms with Crippen molar-refractivity contribution in [1.29, 1.82) is 0 Å². The first-order chi connectivity index (χ1) is 6.99. The van der Waals surface area contributed by atoms with Crippen molar-refractivity contribution in [2.24, 2.45) is 11.5 Å². The molecule has 0 aliphatic carbocycles. The van der Waals surface area contributed by atoms with E-state index in [-0.39, 0.29) is 18.4 Å². The van der Waals surface area contributed by atoms with Crippen LogP contribution in [0.5, 0.6) is 0 Å². The molecule has 1 aromatic carbocycles. The molecule has 0 heterocycles. The average molecular weight is 206 g/mol. The molecule has 15 heavy (non-hydrogen) atoms. The van der Waals surface area contributed by atoms with Crippen LogP contribution in [0.15, 0.2) is 18.2 Å². The van der Waals surface area contributed by atoms with Crippen molar-refractivity contribution in [2.45, 2.75) is 32.7 Å². The largest absolute Gasteiger partial charge is 0.370 e. The van der Waals surface area contributed by atoms with E-state index in [1.54, 1.807) is 0 Å². The fourth-order valence-electron chi connectivity index (χ4n) is 1.69. The van der Waals surface area contributed by atoms with Crippen molar-refractivity contribution >= 4 is 5.91 Å². The third-order valence-electron chi connectivity index (χ3n) is 2.44. The fraction of sp³-hybridized carbons (Fsp3) is 0.417. The lowest BCUT2D eigenvalue weighted by atomic mass is 9.98. The maximum Gasteiger partial charge on any atom is 0.218 e.